The quantitative estimate of drug-likeness (QED) is 0.876. The molecule has 0 spiro atoms. The molecule has 21 heavy (non-hydrogen) atoms. The molecular weight excluding hydrogens is 266 g/mol. The molecule has 0 aromatic heterocycles. The smallest absolute Gasteiger partial charge is 0.251 e. The number of amides is 1. The van der Waals surface area contributed by atoms with E-state index in [1.54, 1.807) is 7.11 Å². The Bertz CT molecular complexity index is 489. The van der Waals surface area contributed by atoms with Gasteiger partial charge in [0.05, 0.1) is 12.7 Å². The second kappa shape index (κ2) is 7.05. The molecule has 2 atom stereocenters. The fourth-order valence-electron chi connectivity index (χ4n) is 2.99. The van der Waals surface area contributed by atoms with Crippen molar-refractivity contribution in [2.24, 2.45) is 5.41 Å². The maximum atomic E-state index is 12.4. The Balaban J connectivity index is 2.01. The zero-order chi connectivity index (χ0) is 15.3. The first kappa shape index (κ1) is 16.0. The minimum atomic E-state index is -0.333. The molecule has 1 aliphatic carbocycles. The molecule has 4 heteroatoms. The number of carbonyl (C=O) groups is 1. The number of nitrogens with one attached hydrogen (secondary N) is 1. The highest BCUT2D eigenvalue weighted by molar-refractivity contribution is 5.95. The molecule has 0 bridgehead atoms. The highest BCUT2D eigenvalue weighted by Gasteiger charge is 2.35. The van der Waals surface area contributed by atoms with Crippen molar-refractivity contribution in [3.8, 4) is 0 Å². The summed E-state index contributed by atoms with van der Waals surface area (Å²) in [6, 6.07) is 7.46. The van der Waals surface area contributed by atoms with Crippen molar-refractivity contribution >= 4 is 5.91 Å². The molecule has 0 aliphatic heterocycles. The number of carbonyl (C=O) groups excluding carboxylic acids is 1. The second-order valence-corrected chi connectivity index (χ2v) is 6.19. The van der Waals surface area contributed by atoms with Gasteiger partial charge < -0.3 is 15.2 Å². The van der Waals surface area contributed by atoms with E-state index >= 15 is 0 Å². The first-order valence-electron chi connectivity index (χ1n) is 7.60. The lowest BCUT2D eigenvalue weighted by atomic mass is 9.73. The average Bonchev–Trinajstić information content (AvgIpc) is 2.49. The van der Waals surface area contributed by atoms with E-state index in [-0.39, 0.29) is 17.4 Å². The van der Waals surface area contributed by atoms with Gasteiger partial charge >= 0.3 is 0 Å². The first-order valence-corrected chi connectivity index (χ1v) is 7.60. The fraction of sp³-hybridized carbons (Fsp3) is 0.588. The van der Waals surface area contributed by atoms with Gasteiger partial charge in [0.25, 0.3) is 5.91 Å². The third-order valence-corrected chi connectivity index (χ3v) is 4.49. The van der Waals surface area contributed by atoms with Gasteiger partial charge in [0.15, 0.2) is 0 Å². The Kier molecular flexibility index (Phi) is 5.37. The van der Waals surface area contributed by atoms with Crippen LogP contribution >= 0.6 is 0 Å². The molecule has 1 aromatic carbocycles. The molecule has 0 unspecified atom stereocenters. The number of benzene rings is 1. The van der Waals surface area contributed by atoms with Crippen LogP contribution in [0.4, 0.5) is 0 Å². The van der Waals surface area contributed by atoms with Crippen molar-refractivity contribution in [3.63, 3.8) is 0 Å². The molecule has 116 valence electrons. The predicted molar refractivity (Wildman–Crippen MR) is 82.1 cm³/mol. The summed E-state index contributed by atoms with van der Waals surface area (Å²) in [6.45, 7) is 2.98. The zero-order valence-corrected chi connectivity index (χ0v) is 12.9. The van der Waals surface area contributed by atoms with Crippen molar-refractivity contribution in [2.75, 3.05) is 13.7 Å². The lowest BCUT2D eigenvalue weighted by Gasteiger charge is -2.38. The van der Waals surface area contributed by atoms with Crippen LogP contribution in [0.5, 0.6) is 0 Å². The summed E-state index contributed by atoms with van der Waals surface area (Å²) < 4.78 is 5.13. The monoisotopic (exact) mass is 291 g/mol. The standard InChI is InChI=1S/C17H25NO3/c1-17(10-6-5-9-15(17)19)12-18-16(20)14-8-4-3-7-13(14)11-21-2/h3-4,7-8,15,19H,5-6,9-12H2,1-2H3,(H,18,20)/t15-,17-/m1/s1. The van der Waals surface area contributed by atoms with E-state index in [1.165, 1.54) is 0 Å². The number of methoxy groups -OCH3 is 1. The van der Waals surface area contributed by atoms with Crippen LogP contribution in [-0.2, 0) is 11.3 Å². The summed E-state index contributed by atoms with van der Waals surface area (Å²) in [5.41, 5.74) is 1.31. The van der Waals surface area contributed by atoms with Crippen molar-refractivity contribution in [1.29, 1.82) is 0 Å². The molecular formula is C17H25NO3. The van der Waals surface area contributed by atoms with Crippen molar-refractivity contribution in [3.05, 3.63) is 35.4 Å². The zero-order valence-electron chi connectivity index (χ0n) is 12.9. The number of aliphatic hydroxyl groups is 1. The Morgan fingerprint density at radius 2 is 2.19 bits per heavy atom. The van der Waals surface area contributed by atoms with Crippen LogP contribution in [0.15, 0.2) is 24.3 Å². The van der Waals surface area contributed by atoms with Gasteiger partial charge in [-0.3, -0.25) is 4.79 Å². The second-order valence-electron chi connectivity index (χ2n) is 6.19. The van der Waals surface area contributed by atoms with E-state index < -0.39 is 0 Å². The summed E-state index contributed by atoms with van der Waals surface area (Å²) >= 11 is 0. The number of rotatable bonds is 5. The third-order valence-electron chi connectivity index (χ3n) is 4.49. The van der Waals surface area contributed by atoms with E-state index in [2.05, 4.69) is 12.2 Å². The van der Waals surface area contributed by atoms with Gasteiger partial charge in [-0.05, 0) is 24.5 Å². The molecule has 1 amide bonds. The molecule has 1 aromatic rings. The number of hydrogen-bond donors (Lipinski definition) is 2. The van der Waals surface area contributed by atoms with Crippen molar-refractivity contribution in [2.45, 2.75) is 45.3 Å². The van der Waals surface area contributed by atoms with E-state index in [0.717, 1.165) is 31.2 Å². The number of ether oxygens (including phenoxy) is 1. The molecule has 1 fully saturated rings. The summed E-state index contributed by atoms with van der Waals surface area (Å²) in [4.78, 5) is 12.4. The van der Waals surface area contributed by atoms with Gasteiger partial charge in [-0.2, -0.15) is 0 Å². The summed E-state index contributed by atoms with van der Waals surface area (Å²) in [7, 11) is 1.62. The molecule has 0 heterocycles. The van der Waals surface area contributed by atoms with Gasteiger partial charge in [-0.15, -0.1) is 0 Å². The molecule has 4 nitrogen and oxygen atoms in total. The largest absolute Gasteiger partial charge is 0.392 e. The molecule has 1 aliphatic rings. The Morgan fingerprint density at radius 1 is 1.43 bits per heavy atom. The van der Waals surface area contributed by atoms with E-state index in [1.807, 2.05) is 24.3 Å². The molecule has 2 rings (SSSR count). The van der Waals surface area contributed by atoms with Crippen LogP contribution in [0, 0.1) is 5.41 Å². The van der Waals surface area contributed by atoms with Crippen LogP contribution in [0.1, 0.15) is 48.5 Å². The van der Waals surface area contributed by atoms with Crippen LogP contribution in [0.2, 0.25) is 0 Å². The Labute approximate surface area is 126 Å². The lowest BCUT2D eigenvalue weighted by molar-refractivity contribution is 0.00189. The summed E-state index contributed by atoms with van der Waals surface area (Å²) in [5, 5.41) is 13.2. The normalized spacial score (nSPS) is 25.6. The van der Waals surface area contributed by atoms with Crippen LogP contribution in [0.3, 0.4) is 0 Å². The van der Waals surface area contributed by atoms with E-state index in [0.29, 0.717) is 18.7 Å². The summed E-state index contributed by atoms with van der Waals surface area (Å²) in [5.74, 6) is -0.0957. The predicted octanol–water partition coefficient (Wildman–Crippen LogP) is 2.50. The van der Waals surface area contributed by atoms with Gasteiger partial charge in [-0.25, -0.2) is 0 Å². The molecule has 2 N–H and O–H groups in total. The SMILES string of the molecule is COCc1ccccc1C(=O)NC[C@@]1(C)CCCC[C@H]1O. The highest BCUT2D eigenvalue weighted by Crippen LogP contribution is 2.35. The van der Waals surface area contributed by atoms with E-state index in [4.69, 9.17) is 4.74 Å². The van der Waals surface area contributed by atoms with Gasteiger partial charge in [0.1, 0.15) is 0 Å². The Morgan fingerprint density at radius 3 is 2.90 bits per heavy atom. The van der Waals surface area contributed by atoms with Crippen molar-refractivity contribution < 1.29 is 14.6 Å². The molecule has 0 saturated heterocycles. The molecule has 0 radical (unpaired) electrons. The lowest BCUT2D eigenvalue weighted by Crippen LogP contribution is -2.45. The van der Waals surface area contributed by atoms with Crippen LogP contribution in [0.25, 0.3) is 0 Å². The van der Waals surface area contributed by atoms with Gasteiger partial charge in [0.2, 0.25) is 0 Å². The maximum Gasteiger partial charge on any atom is 0.251 e. The average molecular weight is 291 g/mol. The summed E-state index contributed by atoms with van der Waals surface area (Å²) in [6.07, 6.45) is 3.63. The van der Waals surface area contributed by atoms with Gasteiger partial charge in [0, 0.05) is 24.6 Å². The molecule has 1 saturated carbocycles. The fourth-order valence-corrected chi connectivity index (χ4v) is 2.99. The number of hydrogen-bond acceptors (Lipinski definition) is 3. The van der Waals surface area contributed by atoms with E-state index in [9.17, 15) is 9.90 Å². The van der Waals surface area contributed by atoms with Crippen LogP contribution in [-0.4, -0.2) is 30.8 Å². The maximum absolute atomic E-state index is 12.4. The minimum absolute atomic E-state index is 0.0957. The topological polar surface area (TPSA) is 58.6 Å². The minimum Gasteiger partial charge on any atom is -0.392 e. The van der Waals surface area contributed by atoms with Gasteiger partial charge in [-0.1, -0.05) is 38.0 Å². The van der Waals surface area contributed by atoms with Crippen molar-refractivity contribution in [1.82, 2.24) is 5.32 Å². The number of aliphatic hydroxyl groups excluding tert-OH is 1. The van der Waals surface area contributed by atoms with Crippen LogP contribution < -0.4 is 5.32 Å². The third kappa shape index (κ3) is 3.83. The highest BCUT2D eigenvalue weighted by atomic mass is 16.5. The first-order chi connectivity index (χ1) is 10.1. The Hall–Kier alpha value is -1.39.